The molecule has 12 amide bonds. The molecule has 0 aliphatic carbocycles. The molecule has 2 saturated heterocycles. The Bertz CT molecular complexity index is 4440. The topological polar surface area (TPSA) is 546 Å². The molecule has 14 atom stereocenters. The lowest BCUT2D eigenvalue weighted by Gasteiger charge is -2.32. The first kappa shape index (κ1) is 94.1. The molecule has 36 heteroatoms. The molecule has 0 saturated carbocycles. The number of carboxylic acids is 1. The Labute approximate surface area is 691 Å². The van der Waals surface area contributed by atoms with Crippen LogP contribution < -0.4 is 48.7 Å². The smallest absolute Gasteiger partial charge is 0.305 e. The van der Waals surface area contributed by atoms with E-state index in [9.17, 15) is 87.5 Å². The third-order valence-corrected chi connectivity index (χ3v) is 22.2. The van der Waals surface area contributed by atoms with Gasteiger partial charge in [0.1, 0.15) is 36.0 Å². The number of benzene rings is 4. The van der Waals surface area contributed by atoms with Gasteiger partial charge >= 0.3 is 5.97 Å². The molecule has 640 valence electrons. The van der Waals surface area contributed by atoms with Crippen LogP contribution in [-0.2, 0) is 107 Å². The summed E-state index contributed by atoms with van der Waals surface area (Å²) < 4.78 is 0. The summed E-state index contributed by atoms with van der Waals surface area (Å²) in [5.41, 5.74) is 14.5. The zero-order chi connectivity index (χ0) is 87.5. The number of imidazole rings is 1. The van der Waals surface area contributed by atoms with Crippen LogP contribution in [-0.4, -0.2) is 251 Å². The van der Waals surface area contributed by atoms with Gasteiger partial charge in [-0.15, -0.1) is 11.8 Å². The van der Waals surface area contributed by atoms with Gasteiger partial charge in [0.15, 0.2) is 23.1 Å². The van der Waals surface area contributed by atoms with Crippen molar-refractivity contribution in [3.63, 3.8) is 0 Å². The largest absolute Gasteiger partial charge is 0.508 e. The van der Waals surface area contributed by atoms with Crippen LogP contribution in [0.25, 0.3) is 11.1 Å². The van der Waals surface area contributed by atoms with E-state index in [1.54, 1.807) is 68.4 Å². The number of aliphatic hydroxyl groups is 2. The van der Waals surface area contributed by atoms with Gasteiger partial charge in [0.05, 0.1) is 73.8 Å². The predicted octanol–water partition coefficient (Wildman–Crippen LogP) is -0.324. The number of aromatic amines is 1. The summed E-state index contributed by atoms with van der Waals surface area (Å²) in [6.45, 7) is 5.03. The van der Waals surface area contributed by atoms with E-state index in [4.69, 9.17) is 11.5 Å². The van der Waals surface area contributed by atoms with Gasteiger partial charge in [-0.2, -0.15) is 0 Å². The molecule has 0 radical (unpaired) electrons. The SMILES string of the molecule is CC(C)[C@@H]1CC(=O)[C@H](Cc2ccccc2)NC(=O)CSC[C@@H](C(=O)NCC(N)=O)NC(=O)[C@@H]2CCCN2C(=O)[C@H](Cc2cnc[nH]2)NC(=O)[C@H](CC(N)=O)CC(=O)[C@H](C)N(C)C(=O)[C@H](Cc2ccc(-c3ccccc3)cc2)CC(=O)[C@H](C)N(C)C(=O)[C@H](Cc2ccc(O)cc2)NC(=O)[C@H]([C@@H](C)O)NC(=O)[C@H](CO)CC(=O)[C@H](CC(=O)O)NC1=O. The molecule has 2 aliphatic heterocycles. The first-order chi connectivity index (χ1) is 56.4. The van der Waals surface area contributed by atoms with E-state index in [-0.39, 0.29) is 56.6 Å². The minimum atomic E-state index is -1.97. The Morgan fingerprint density at radius 1 is 0.563 bits per heavy atom. The number of hydrogen-bond acceptors (Lipinski definition) is 22. The van der Waals surface area contributed by atoms with Crippen LogP contribution in [0.4, 0.5) is 0 Å². The van der Waals surface area contributed by atoms with Crippen molar-refractivity contribution in [1.82, 2.24) is 61.9 Å². The maximum atomic E-state index is 15.2. The van der Waals surface area contributed by atoms with Crippen molar-refractivity contribution in [3.05, 3.63) is 144 Å². The molecule has 0 unspecified atom stereocenters. The van der Waals surface area contributed by atoms with E-state index in [0.717, 1.165) is 44.5 Å². The van der Waals surface area contributed by atoms with Crippen LogP contribution in [0.15, 0.2) is 122 Å². The summed E-state index contributed by atoms with van der Waals surface area (Å²) in [6.07, 6.45) is -4.59. The highest BCUT2D eigenvalue weighted by Gasteiger charge is 2.43. The van der Waals surface area contributed by atoms with Crippen LogP contribution in [0, 0.1) is 29.6 Å². The van der Waals surface area contributed by atoms with Gasteiger partial charge in [0, 0.05) is 95.1 Å². The lowest BCUT2D eigenvalue weighted by molar-refractivity contribution is -0.145. The van der Waals surface area contributed by atoms with Crippen molar-refractivity contribution >= 4 is 112 Å². The molecular weight excluding hydrogens is 1560 g/mol. The monoisotopic (exact) mass is 1670 g/mol. The van der Waals surface area contributed by atoms with Crippen LogP contribution in [0.1, 0.15) is 108 Å². The lowest BCUT2D eigenvalue weighted by Crippen LogP contribution is -2.59. The molecule has 5 aromatic rings. The second-order valence-corrected chi connectivity index (χ2v) is 31.4. The number of primary amides is 2. The number of carbonyl (C=O) groups excluding carboxylic acids is 16. The standard InChI is InChI=1S/C83H106N14O21S/c1-45(2)59-37-69(104)60(30-49-15-10-8-11-16-49)89-72(107)43-119-42-64(78(113)87-40-71(85)106)93-79(114)65-19-14-28-97(65)83(118)63(36-57-39-86-44-88-57)91-75(110)54(35-70(84)105)32-66(101)46(3)95(6)81(116)55(29-50-20-24-53(25-21-50)52-17-12-9-13-18-52)33-67(102)47(4)96(7)82(117)62(31-51-22-26-58(100)27-23-51)92-80(115)74(48(5)99)94-76(111)56(41-98)34-68(103)61(38-73(108)109)90-77(59)112/h8-13,15-18,20-27,39,44-48,54-56,59-65,74,98-100H,14,19,28-38,40-43H2,1-7H3,(H2,84,105)(H2,85,106)(H,86,88)(H,87,113)(H,89,107)(H,90,112)(H,91,110)(H,92,115)(H,93,114)(H,94,111)(H,108,109)/t46-,47-,48+,54-,55+,56-,59-,60-,61-,62-,63-,64-,65-,74-/m0/s1. The number of aromatic hydroxyl groups is 1. The highest BCUT2D eigenvalue weighted by molar-refractivity contribution is 8.00. The second-order valence-electron chi connectivity index (χ2n) is 30.4. The number of aliphatic hydroxyl groups excluding tert-OH is 2. The number of aliphatic carboxylic acids is 1. The summed E-state index contributed by atoms with van der Waals surface area (Å²) in [6, 6.07) is 16.1. The number of thioether (sulfide) groups is 1. The van der Waals surface area contributed by atoms with Crippen molar-refractivity contribution in [3.8, 4) is 16.9 Å². The van der Waals surface area contributed by atoms with E-state index in [2.05, 4.69) is 47.2 Å². The fraction of sp³-hybridized carbons (Fsp3) is 0.470. The van der Waals surface area contributed by atoms with Gasteiger partial charge < -0.3 is 88.8 Å². The molecule has 2 aliphatic rings. The number of phenols is 1. The van der Waals surface area contributed by atoms with Crippen molar-refractivity contribution in [2.45, 2.75) is 172 Å². The Morgan fingerprint density at radius 2 is 1.10 bits per heavy atom. The Hall–Kier alpha value is -12.0. The number of H-pyrrole nitrogens is 1. The minimum Gasteiger partial charge on any atom is -0.508 e. The number of nitrogens with two attached hydrogens (primary N) is 2. The fourth-order valence-electron chi connectivity index (χ4n) is 13.9. The Balaban J connectivity index is 1.26. The average Bonchev–Trinajstić information content (AvgIpc) is 1.56. The average molecular weight is 1670 g/mol. The number of nitrogens with zero attached hydrogens (tertiary/aromatic N) is 4. The fourth-order valence-corrected chi connectivity index (χ4v) is 14.8. The van der Waals surface area contributed by atoms with Gasteiger partial charge in [0.25, 0.3) is 0 Å². The van der Waals surface area contributed by atoms with Crippen molar-refractivity contribution in [2.75, 3.05) is 45.3 Å². The second kappa shape index (κ2) is 45.0. The molecule has 16 N–H and O–H groups in total. The molecule has 2 fully saturated rings. The zero-order valence-corrected chi connectivity index (χ0v) is 68.1. The van der Waals surface area contributed by atoms with Crippen LogP contribution in [0.3, 0.4) is 0 Å². The number of hydrogen-bond donors (Lipinski definition) is 14. The Morgan fingerprint density at radius 3 is 1.69 bits per heavy atom. The first-order valence-corrected chi connectivity index (χ1v) is 40.2. The van der Waals surface area contributed by atoms with Crippen molar-refractivity contribution in [1.29, 1.82) is 0 Å². The van der Waals surface area contributed by atoms with Gasteiger partial charge in [-0.3, -0.25) is 81.5 Å². The third kappa shape index (κ3) is 28.1. The number of nitrogens with one attached hydrogen (secondary N) is 8. The van der Waals surface area contributed by atoms with E-state index in [1.807, 2.05) is 30.3 Å². The van der Waals surface area contributed by atoms with Gasteiger partial charge in [-0.25, -0.2) is 4.98 Å². The number of fused-ring (bicyclic) bond motifs is 1. The number of carbonyl (C=O) groups is 17. The van der Waals surface area contributed by atoms with E-state index in [0.29, 0.717) is 22.4 Å². The number of Topliss-reactive ketones (excluding diaryl/α,β-unsaturated/α-hetero) is 4. The van der Waals surface area contributed by atoms with Crippen molar-refractivity contribution < 1.29 is 102 Å². The highest BCUT2D eigenvalue weighted by Crippen LogP contribution is 2.28. The summed E-state index contributed by atoms with van der Waals surface area (Å²) in [5, 5.41) is 59.6. The summed E-state index contributed by atoms with van der Waals surface area (Å²) in [7, 11) is 2.53. The zero-order valence-electron chi connectivity index (χ0n) is 67.3. The maximum absolute atomic E-state index is 15.2. The number of likely N-dealkylation sites (N-methyl/N-ethyl adjacent to an activating group) is 2. The minimum absolute atomic E-state index is 0.0148. The number of carboxylic acid groups (broad SMARTS) is 1. The van der Waals surface area contributed by atoms with Crippen LogP contribution >= 0.6 is 11.8 Å². The van der Waals surface area contributed by atoms with E-state index in [1.165, 1.54) is 64.7 Å². The van der Waals surface area contributed by atoms with Gasteiger partial charge in [0.2, 0.25) is 70.9 Å². The van der Waals surface area contributed by atoms with Gasteiger partial charge in [-0.05, 0) is 92.3 Å². The lowest BCUT2D eigenvalue weighted by atomic mass is 9.86. The molecule has 0 spiro atoms. The number of ketones is 4. The molecule has 35 nitrogen and oxygen atoms in total. The first-order valence-electron chi connectivity index (χ1n) is 39.1. The number of aromatic nitrogens is 2. The normalized spacial score (nSPS) is 24.7. The molecule has 7 rings (SSSR count). The molecule has 119 heavy (non-hydrogen) atoms. The van der Waals surface area contributed by atoms with E-state index < -0.39 is 247 Å². The highest BCUT2D eigenvalue weighted by atomic mass is 32.2. The predicted molar refractivity (Wildman–Crippen MR) is 432 cm³/mol. The molecule has 3 heterocycles. The summed E-state index contributed by atoms with van der Waals surface area (Å²) in [4.78, 5) is 252. The molecular formula is C83H106N14O21S. The molecule has 4 aromatic carbocycles. The number of phenolic OH excluding ortho intramolecular Hbond substituents is 1. The molecule has 1 aromatic heterocycles. The van der Waals surface area contributed by atoms with E-state index >= 15 is 14.4 Å². The maximum Gasteiger partial charge on any atom is 0.305 e. The van der Waals surface area contributed by atoms with Crippen LogP contribution in [0.2, 0.25) is 0 Å². The summed E-state index contributed by atoms with van der Waals surface area (Å²) >= 11 is 0.798. The third-order valence-electron chi connectivity index (χ3n) is 21.2. The summed E-state index contributed by atoms with van der Waals surface area (Å²) in [5.74, 6) is -24.3. The number of amides is 12. The Kier molecular flexibility index (Phi) is 35.6. The molecule has 0 bridgehead atoms. The van der Waals surface area contributed by atoms with Crippen LogP contribution in [0.5, 0.6) is 5.75 Å². The quantitative estimate of drug-likeness (QED) is 0.0503. The van der Waals surface area contributed by atoms with Gasteiger partial charge in [-0.1, -0.05) is 111 Å². The number of rotatable bonds is 19. The van der Waals surface area contributed by atoms with Crippen molar-refractivity contribution in [2.24, 2.45) is 41.1 Å².